The molecular formula is C18H18N4O5. The van der Waals surface area contributed by atoms with Crippen LogP contribution in [0.3, 0.4) is 0 Å². The molecule has 2 aromatic carbocycles. The molecule has 0 aliphatic rings. The Kier molecular flexibility index (Phi) is 6.59. The second-order valence-corrected chi connectivity index (χ2v) is 5.57. The molecule has 9 nitrogen and oxygen atoms in total. The Balaban J connectivity index is 1.99. The third-order valence-corrected chi connectivity index (χ3v) is 3.50. The summed E-state index contributed by atoms with van der Waals surface area (Å²) in [7, 11) is 0. The number of non-ortho nitro benzene ring substituents is 1. The molecule has 0 saturated heterocycles. The average Bonchev–Trinajstić information content (AvgIpc) is 2.63. The molecule has 0 aliphatic heterocycles. The number of nitrogens with one attached hydrogen (secondary N) is 2. The van der Waals surface area contributed by atoms with E-state index in [1.807, 2.05) is 6.92 Å². The number of carbonyl (C=O) groups excluding carboxylic acids is 2. The number of nitrogens with zero attached hydrogens (tertiary/aromatic N) is 2. The summed E-state index contributed by atoms with van der Waals surface area (Å²) in [6.45, 7) is 1.90. The van der Waals surface area contributed by atoms with Crippen molar-refractivity contribution in [1.82, 2.24) is 5.43 Å². The molecule has 0 atom stereocenters. The molecule has 2 aromatic rings. The summed E-state index contributed by atoms with van der Waals surface area (Å²) in [4.78, 5) is 33.7. The first kappa shape index (κ1) is 19.6. The fourth-order valence-electron chi connectivity index (χ4n) is 2.14. The molecule has 140 valence electrons. The van der Waals surface area contributed by atoms with E-state index in [0.717, 1.165) is 24.8 Å². The van der Waals surface area contributed by atoms with Gasteiger partial charge in [0.05, 0.1) is 11.1 Å². The zero-order valence-electron chi connectivity index (χ0n) is 14.5. The number of aromatic hydroxyl groups is 1. The highest BCUT2D eigenvalue weighted by Crippen LogP contribution is 2.21. The molecule has 2 rings (SSSR count). The summed E-state index contributed by atoms with van der Waals surface area (Å²) < 4.78 is 0. The average molecular weight is 370 g/mol. The van der Waals surface area contributed by atoms with Gasteiger partial charge >= 0.3 is 0 Å². The van der Waals surface area contributed by atoms with Crippen LogP contribution >= 0.6 is 0 Å². The lowest BCUT2D eigenvalue weighted by Gasteiger charge is -2.05. The molecule has 0 fully saturated rings. The summed E-state index contributed by atoms with van der Waals surface area (Å²) in [6, 6.07) is 9.71. The van der Waals surface area contributed by atoms with Crippen LogP contribution < -0.4 is 10.7 Å². The van der Waals surface area contributed by atoms with E-state index in [1.165, 1.54) is 18.2 Å². The molecule has 0 spiro atoms. The predicted octanol–water partition coefficient (Wildman–Crippen LogP) is 2.80. The highest BCUT2D eigenvalue weighted by Gasteiger charge is 2.09. The van der Waals surface area contributed by atoms with Crippen molar-refractivity contribution < 1.29 is 19.6 Å². The second-order valence-electron chi connectivity index (χ2n) is 5.57. The van der Waals surface area contributed by atoms with Crippen LogP contribution in [0.2, 0.25) is 0 Å². The number of benzene rings is 2. The SMILES string of the molecule is CCCC(=O)Nc1ccc(C(=O)N/N=C\c2cc([N+](=O)[O-])ccc2O)cc1. The van der Waals surface area contributed by atoms with E-state index in [4.69, 9.17) is 0 Å². The topological polar surface area (TPSA) is 134 Å². The van der Waals surface area contributed by atoms with Crippen molar-refractivity contribution in [2.45, 2.75) is 19.8 Å². The predicted molar refractivity (Wildman–Crippen MR) is 99.8 cm³/mol. The quantitative estimate of drug-likeness (QED) is 0.391. The molecule has 9 heteroatoms. The molecule has 0 bridgehead atoms. The molecule has 0 heterocycles. The summed E-state index contributed by atoms with van der Waals surface area (Å²) in [5.74, 6) is -0.815. The Labute approximate surface area is 154 Å². The first-order chi connectivity index (χ1) is 12.9. The van der Waals surface area contributed by atoms with Gasteiger partial charge in [-0.1, -0.05) is 6.92 Å². The molecule has 0 aliphatic carbocycles. The van der Waals surface area contributed by atoms with Gasteiger partial charge < -0.3 is 10.4 Å². The first-order valence-electron chi connectivity index (χ1n) is 8.11. The molecule has 0 saturated carbocycles. The maximum Gasteiger partial charge on any atom is 0.271 e. The van der Waals surface area contributed by atoms with Gasteiger partial charge in [-0.05, 0) is 36.8 Å². The number of phenolic OH excluding ortho intramolecular Hbond substituents is 1. The fraction of sp³-hybridized carbons (Fsp3) is 0.167. The van der Waals surface area contributed by atoms with E-state index >= 15 is 0 Å². The molecule has 27 heavy (non-hydrogen) atoms. The number of hydrogen-bond donors (Lipinski definition) is 3. The van der Waals surface area contributed by atoms with Crippen LogP contribution in [0.15, 0.2) is 47.6 Å². The Hall–Kier alpha value is -3.75. The van der Waals surface area contributed by atoms with Crippen molar-refractivity contribution in [2.24, 2.45) is 5.10 Å². The van der Waals surface area contributed by atoms with Gasteiger partial charge in [-0.25, -0.2) is 5.43 Å². The van der Waals surface area contributed by atoms with Crippen molar-refractivity contribution in [3.05, 3.63) is 63.7 Å². The number of carbonyl (C=O) groups is 2. The smallest absolute Gasteiger partial charge is 0.271 e. The highest BCUT2D eigenvalue weighted by atomic mass is 16.6. The molecular weight excluding hydrogens is 352 g/mol. The molecule has 0 unspecified atom stereocenters. The maximum atomic E-state index is 12.0. The van der Waals surface area contributed by atoms with Gasteiger partial charge in [0.2, 0.25) is 5.91 Å². The minimum Gasteiger partial charge on any atom is -0.507 e. The van der Waals surface area contributed by atoms with Crippen LogP contribution in [0.1, 0.15) is 35.7 Å². The lowest BCUT2D eigenvalue weighted by atomic mass is 10.2. The van der Waals surface area contributed by atoms with Crippen LogP contribution in [0.4, 0.5) is 11.4 Å². The Morgan fingerprint density at radius 2 is 1.93 bits per heavy atom. The Bertz CT molecular complexity index is 878. The van der Waals surface area contributed by atoms with Gasteiger partial charge in [0.25, 0.3) is 11.6 Å². The number of anilines is 1. The molecule has 0 radical (unpaired) electrons. The summed E-state index contributed by atoms with van der Waals surface area (Å²) >= 11 is 0. The summed E-state index contributed by atoms with van der Waals surface area (Å²) in [6.07, 6.45) is 2.27. The van der Waals surface area contributed by atoms with Gasteiger partial charge in [0.1, 0.15) is 5.75 Å². The Morgan fingerprint density at radius 3 is 2.56 bits per heavy atom. The van der Waals surface area contributed by atoms with Gasteiger partial charge in [-0.3, -0.25) is 19.7 Å². The van der Waals surface area contributed by atoms with Gasteiger partial charge in [-0.15, -0.1) is 0 Å². The van der Waals surface area contributed by atoms with E-state index in [0.29, 0.717) is 17.7 Å². The number of hydrogen-bond acceptors (Lipinski definition) is 6. The first-order valence-corrected chi connectivity index (χ1v) is 8.11. The molecule has 3 N–H and O–H groups in total. The van der Waals surface area contributed by atoms with Crippen LogP contribution in [0.5, 0.6) is 5.75 Å². The second kappa shape index (κ2) is 9.09. The lowest BCUT2D eigenvalue weighted by Crippen LogP contribution is -2.17. The van der Waals surface area contributed by atoms with Crippen LogP contribution in [-0.2, 0) is 4.79 Å². The minimum absolute atomic E-state index is 0.0958. The van der Waals surface area contributed by atoms with Crippen molar-refractivity contribution in [3.63, 3.8) is 0 Å². The number of hydrazone groups is 1. The third-order valence-electron chi connectivity index (χ3n) is 3.50. The number of nitro benzene ring substituents is 1. The van der Waals surface area contributed by atoms with Gasteiger partial charge in [0.15, 0.2) is 0 Å². The monoisotopic (exact) mass is 370 g/mol. The van der Waals surface area contributed by atoms with Crippen LogP contribution in [0.25, 0.3) is 0 Å². The summed E-state index contributed by atoms with van der Waals surface area (Å²) in [5, 5.41) is 26.8. The lowest BCUT2D eigenvalue weighted by molar-refractivity contribution is -0.384. The third kappa shape index (κ3) is 5.63. The van der Waals surface area contributed by atoms with E-state index in [-0.39, 0.29) is 22.9 Å². The normalized spacial score (nSPS) is 10.6. The van der Waals surface area contributed by atoms with Crippen molar-refractivity contribution in [2.75, 3.05) is 5.32 Å². The van der Waals surface area contributed by atoms with E-state index in [2.05, 4.69) is 15.8 Å². The number of amides is 2. The fourth-order valence-corrected chi connectivity index (χ4v) is 2.14. The zero-order valence-corrected chi connectivity index (χ0v) is 14.5. The maximum absolute atomic E-state index is 12.0. The number of nitro groups is 1. The highest BCUT2D eigenvalue weighted by molar-refractivity contribution is 5.96. The van der Waals surface area contributed by atoms with Crippen molar-refractivity contribution in [1.29, 1.82) is 0 Å². The number of phenols is 1. The van der Waals surface area contributed by atoms with E-state index in [9.17, 15) is 24.8 Å². The van der Waals surface area contributed by atoms with Crippen LogP contribution in [0, 0.1) is 10.1 Å². The van der Waals surface area contributed by atoms with Crippen molar-refractivity contribution in [3.8, 4) is 5.75 Å². The van der Waals surface area contributed by atoms with Gasteiger partial charge in [-0.2, -0.15) is 5.10 Å². The number of rotatable bonds is 7. The summed E-state index contributed by atoms with van der Waals surface area (Å²) in [5.41, 5.74) is 3.04. The zero-order chi connectivity index (χ0) is 19.8. The standard InChI is InChI=1S/C18H18N4O5/c1-2-3-17(24)20-14-6-4-12(5-7-14)18(25)21-19-11-13-10-15(22(26)27)8-9-16(13)23/h4-11,23H,2-3H2,1H3,(H,20,24)(H,21,25)/b19-11-. The van der Waals surface area contributed by atoms with E-state index in [1.54, 1.807) is 12.1 Å². The molecule has 0 aromatic heterocycles. The Morgan fingerprint density at radius 1 is 1.22 bits per heavy atom. The minimum atomic E-state index is -0.601. The van der Waals surface area contributed by atoms with Crippen LogP contribution in [-0.4, -0.2) is 28.1 Å². The van der Waals surface area contributed by atoms with Crippen molar-refractivity contribution >= 4 is 29.4 Å². The molecule has 2 amide bonds. The largest absolute Gasteiger partial charge is 0.507 e. The van der Waals surface area contributed by atoms with E-state index < -0.39 is 10.8 Å². The van der Waals surface area contributed by atoms with Gasteiger partial charge in [0, 0.05) is 35.4 Å².